The standard InChI is InChI=1S/C30H24N2O6S/c1-17(33)31-19-11-15-21(16-12-19)39(36,37)38-20-13-9-18(10-14-20)26-27-24(7-4-8-25(27)34)32-29-22-5-2-3-6-23(22)30(35)28(26)29/h2-3,5-6,9-16,26,28H,4,7-8H2,1H3,(H,31,33)/t26-,28-/m0/s1. The molecule has 1 amide bonds. The van der Waals surface area contributed by atoms with E-state index in [9.17, 15) is 22.8 Å². The van der Waals surface area contributed by atoms with E-state index in [2.05, 4.69) is 5.32 Å². The molecule has 3 aromatic rings. The highest BCUT2D eigenvalue weighted by atomic mass is 32.2. The number of carbonyl (C=O) groups is 3. The van der Waals surface area contributed by atoms with Crippen molar-refractivity contribution in [3.8, 4) is 5.75 Å². The lowest BCUT2D eigenvalue weighted by Gasteiger charge is -2.33. The molecule has 8 nitrogen and oxygen atoms in total. The van der Waals surface area contributed by atoms with Crippen LogP contribution in [0.4, 0.5) is 5.69 Å². The molecule has 3 aromatic carbocycles. The highest BCUT2D eigenvalue weighted by Crippen LogP contribution is 2.48. The molecule has 0 unspecified atom stereocenters. The van der Waals surface area contributed by atoms with E-state index in [4.69, 9.17) is 9.18 Å². The van der Waals surface area contributed by atoms with E-state index in [1.807, 2.05) is 18.2 Å². The maximum absolute atomic E-state index is 13.5. The molecular formula is C30H24N2O6S. The van der Waals surface area contributed by atoms with Crippen molar-refractivity contribution in [1.82, 2.24) is 0 Å². The number of hydrogen-bond donors (Lipinski definition) is 1. The molecule has 6 rings (SSSR count). The van der Waals surface area contributed by atoms with Crippen molar-refractivity contribution >= 4 is 39.0 Å². The summed E-state index contributed by atoms with van der Waals surface area (Å²) >= 11 is 0. The van der Waals surface area contributed by atoms with Crippen LogP contribution in [0, 0.1) is 5.92 Å². The lowest BCUT2D eigenvalue weighted by molar-refractivity contribution is -0.116. The third-order valence-electron chi connectivity index (χ3n) is 7.28. The zero-order valence-electron chi connectivity index (χ0n) is 21.0. The van der Waals surface area contributed by atoms with Gasteiger partial charge in [-0.1, -0.05) is 36.4 Å². The minimum absolute atomic E-state index is 0.00146. The fraction of sp³-hybridized carbons (Fsp3) is 0.200. The van der Waals surface area contributed by atoms with Crippen molar-refractivity contribution < 1.29 is 27.0 Å². The third kappa shape index (κ3) is 4.38. The summed E-state index contributed by atoms with van der Waals surface area (Å²) in [5.41, 5.74) is 4.61. The molecule has 0 saturated heterocycles. The van der Waals surface area contributed by atoms with Crippen molar-refractivity contribution in [3.63, 3.8) is 0 Å². The number of allylic oxidation sites excluding steroid dienone is 2. The smallest absolute Gasteiger partial charge is 0.339 e. The number of anilines is 1. The van der Waals surface area contributed by atoms with Gasteiger partial charge in [0.25, 0.3) is 0 Å². The highest BCUT2D eigenvalue weighted by molar-refractivity contribution is 7.87. The molecule has 0 radical (unpaired) electrons. The Morgan fingerprint density at radius 2 is 1.59 bits per heavy atom. The number of nitrogens with zero attached hydrogens (tertiary/aromatic N) is 1. The second-order valence-corrected chi connectivity index (χ2v) is 11.4. The van der Waals surface area contributed by atoms with Gasteiger partial charge >= 0.3 is 10.1 Å². The first-order valence-corrected chi connectivity index (χ1v) is 14.0. The summed E-state index contributed by atoms with van der Waals surface area (Å²) in [6.45, 7) is 1.36. The number of benzene rings is 3. The van der Waals surface area contributed by atoms with E-state index >= 15 is 0 Å². The molecule has 1 heterocycles. The summed E-state index contributed by atoms with van der Waals surface area (Å²) in [6, 6.07) is 19.5. The Labute approximate surface area is 225 Å². The maximum atomic E-state index is 13.5. The molecule has 2 aliphatic carbocycles. The zero-order chi connectivity index (χ0) is 27.3. The molecule has 0 bridgehead atoms. The fourth-order valence-electron chi connectivity index (χ4n) is 5.62. The van der Waals surface area contributed by atoms with Gasteiger partial charge in [-0.3, -0.25) is 19.4 Å². The number of Topliss-reactive ketones (excluding diaryl/α,β-unsaturated/α-hetero) is 2. The SMILES string of the molecule is CC(=O)Nc1ccc(S(=O)(=O)Oc2ccc([C@H]3C4=C(CCCC4=O)N=C4c5ccccc5C(=O)[C@H]43)cc2)cc1. The maximum Gasteiger partial charge on any atom is 0.339 e. The predicted molar refractivity (Wildman–Crippen MR) is 144 cm³/mol. The molecule has 196 valence electrons. The van der Waals surface area contributed by atoms with Crippen molar-refractivity contribution in [2.75, 3.05) is 5.32 Å². The van der Waals surface area contributed by atoms with Gasteiger partial charge < -0.3 is 9.50 Å². The summed E-state index contributed by atoms with van der Waals surface area (Å²) in [5, 5.41) is 2.58. The summed E-state index contributed by atoms with van der Waals surface area (Å²) in [6.07, 6.45) is 1.80. The Hall–Kier alpha value is -4.37. The topological polar surface area (TPSA) is 119 Å². The quantitative estimate of drug-likeness (QED) is 0.464. The molecule has 2 atom stereocenters. The summed E-state index contributed by atoms with van der Waals surface area (Å²) in [4.78, 5) is 42.6. The average molecular weight is 541 g/mol. The van der Waals surface area contributed by atoms with E-state index in [-0.39, 0.29) is 28.1 Å². The van der Waals surface area contributed by atoms with Gasteiger partial charge in [0.15, 0.2) is 11.6 Å². The molecule has 0 fully saturated rings. The van der Waals surface area contributed by atoms with Crippen molar-refractivity contribution in [2.45, 2.75) is 37.0 Å². The molecule has 1 aliphatic heterocycles. The Morgan fingerprint density at radius 1 is 0.897 bits per heavy atom. The van der Waals surface area contributed by atoms with Crippen LogP contribution in [0.3, 0.4) is 0 Å². The average Bonchev–Trinajstić information content (AvgIpc) is 3.20. The van der Waals surface area contributed by atoms with E-state index in [0.29, 0.717) is 35.4 Å². The van der Waals surface area contributed by atoms with Crippen LogP contribution in [0.2, 0.25) is 0 Å². The van der Waals surface area contributed by atoms with Crippen molar-refractivity contribution in [1.29, 1.82) is 0 Å². The minimum atomic E-state index is -4.13. The Kier molecular flexibility index (Phi) is 6.03. The highest BCUT2D eigenvalue weighted by Gasteiger charge is 2.48. The molecule has 0 saturated carbocycles. The molecule has 9 heteroatoms. The van der Waals surface area contributed by atoms with Crippen molar-refractivity contribution in [3.05, 3.63) is 101 Å². The second-order valence-electron chi connectivity index (χ2n) is 9.81. The van der Waals surface area contributed by atoms with Crippen LogP contribution in [0.15, 0.2) is 94.0 Å². The Morgan fingerprint density at radius 3 is 2.28 bits per heavy atom. The largest absolute Gasteiger partial charge is 0.379 e. The molecule has 3 aliphatic rings. The number of aliphatic imine (C=N–C) groups is 1. The number of amides is 1. The Balaban J connectivity index is 1.32. The summed E-state index contributed by atoms with van der Waals surface area (Å²) in [5.74, 6) is -1.35. The number of carbonyl (C=O) groups excluding carboxylic acids is 3. The fourth-order valence-corrected chi connectivity index (χ4v) is 6.55. The van der Waals surface area contributed by atoms with E-state index in [1.54, 1.807) is 18.2 Å². The zero-order valence-corrected chi connectivity index (χ0v) is 21.8. The molecular weight excluding hydrogens is 516 g/mol. The molecule has 0 spiro atoms. The first kappa shape index (κ1) is 24.9. The van der Waals surface area contributed by atoms with Crippen LogP contribution < -0.4 is 9.50 Å². The van der Waals surface area contributed by atoms with Gasteiger partial charge in [0, 0.05) is 47.3 Å². The van der Waals surface area contributed by atoms with Crippen LogP contribution in [0.1, 0.15) is 53.6 Å². The number of hydrogen-bond acceptors (Lipinski definition) is 7. The van der Waals surface area contributed by atoms with Crippen LogP contribution in [-0.2, 0) is 19.7 Å². The van der Waals surface area contributed by atoms with Gasteiger partial charge in [-0.15, -0.1) is 0 Å². The van der Waals surface area contributed by atoms with Crippen LogP contribution in [0.25, 0.3) is 0 Å². The summed E-state index contributed by atoms with van der Waals surface area (Å²) in [7, 11) is -4.13. The van der Waals surface area contributed by atoms with E-state index < -0.39 is 22.0 Å². The van der Waals surface area contributed by atoms with Gasteiger partial charge in [0.1, 0.15) is 10.6 Å². The van der Waals surface area contributed by atoms with Gasteiger partial charge in [0.2, 0.25) is 5.91 Å². The molecule has 39 heavy (non-hydrogen) atoms. The monoisotopic (exact) mass is 540 g/mol. The third-order valence-corrected chi connectivity index (χ3v) is 8.54. The molecule has 0 aromatic heterocycles. The van der Waals surface area contributed by atoms with Gasteiger partial charge in [-0.25, -0.2) is 0 Å². The van der Waals surface area contributed by atoms with Crippen LogP contribution >= 0.6 is 0 Å². The van der Waals surface area contributed by atoms with E-state index in [1.165, 1.54) is 43.3 Å². The number of nitrogens with one attached hydrogen (secondary N) is 1. The lowest BCUT2D eigenvalue weighted by atomic mass is 9.71. The van der Waals surface area contributed by atoms with Crippen molar-refractivity contribution in [2.24, 2.45) is 10.9 Å². The summed E-state index contributed by atoms with van der Waals surface area (Å²) < 4.78 is 31.1. The second kappa shape index (κ2) is 9.43. The Bertz CT molecular complexity index is 1700. The first-order chi connectivity index (χ1) is 18.7. The van der Waals surface area contributed by atoms with E-state index in [0.717, 1.165) is 23.2 Å². The van der Waals surface area contributed by atoms with Crippen LogP contribution in [0.5, 0.6) is 5.75 Å². The number of rotatable bonds is 5. The van der Waals surface area contributed by atoms with Gasteiger partial charge in [-0.2, -0.15) is 8.42 Å². The van der Waals surface area contributed by atoms with Crippen LogP contribution in [-0.4, -0.2) is 31.6 Å². The lowest BCUT2D eigenvalue weighted by Crippen LogP contribution is -2.33. The van der Waals surface area contributed by atoms with Gasteiger partial charge in [-0.05, 0) is 54.8 Å². The predicted octanol–water partition coefficient (Wildman–Crippen LogP) is 4.82. The number of fused-ring (bicyclic) bond motifs is 3. The van der Waals surface area contributed by atoms with Gasteiger partial charge in [0.05, 0.1) is 11.6 Å². The molecule has 1 N–H and O–H groups in total. The normalized spacial score (nSPS) is 20.1. The first-order valence-electron chi connectivity index (χ1n) is 12.6. The number of ketones is 2. The minimum Gasteiger partial charge on any atom is -0.379 e.